The fourth-order valence-electron chi connectivity index (χ4n) is 3.91. The van der Waals surface area contributed by atoms with E-state index in [0.717, 1.165) is 13.0 Å². The molecule has 128 valence electrons. The lowest BCUT2D eigenvalue weighted by Gasteiger charge is -2.43. The van der Waals surface area contributed by atoms with Crippen LogP contribution in [0.2, 0.25) is 0 Å². The lowest BCUT2D eigenvalue weighted by molar-refractivity contribution is 0.00847. The van der Waals surface area contributed by atoms with Gasteiger partial charge in [0.1, 0.15) is 5.82 Å². The number of benzene rings is 1. The van der Waals surface area contributed by atoms with E-state index in [4.69, 9.17) is 0 Å². The summed E-state index contributed by atoms with van der Waals surface area (Å²) < 4.78 is 39.0. The van der Waals surface area contributed by atoms with Crippen LogP contribution in [0, 0.1) is 17.2 Å². The number of hydrogen-bond acceptors (Lipinski definition) is 4. The smallest absolute Gasteiger partial charge is 0.211 e. The van der Waals surface area contributed by atoms with Crippen LogP contribution in [0.3, 0.4) is 0 Å². The van der Waals surface area contributed by atoms with E-state index in [-0.39, 0.29) is 18.3 Å². The van der Waals surface area contributed by atoms with Gasteiger partial charge in [0.15, 0.2) is 0 Å². The molecule has 2 fully saturated rings. The highest BCUT2D eigenvalue weighted by atomic mass is 32.2. The van der Waals surface area contributed by atoms with Crippen LogP contribution < -0.4 is 0 Å². The van der Waals surface area contributed by atoms with Crippen LogP contribution >= 0.6 is 0 Å². The Bertz CT molecular complexity index is 682. The molecule has 23 heavy (non-hydrogen) atoms. The Morgan fingerprint density at radius 3 is 2.74 bits per heavy atom. The molecule has 0 spiro atoms. The summed E-state index contributed by atoms with van der Waals surface area (Å²) in [5.74, 6) is -0.0593. The minimum atomic E-state index is -3.25. The van der Waals surface area contributed by atoms with Crippen LogP contribution in [0.15, 0.2) is 24.3 Å². The molecule has 0 amide bonds. The first kappa shape index (κ1) is 16.8. The largest absolute Gasteiger partial charge is 0.396 e. The molecule has 0 aromatic heterocycles. The Morgan fingerprint density at radius 1 is 1.35 bits per heavy atom. The van der Waals surface area contributed by atoms with Gasteiger partial charge in [0.2, 0.25) is 10.0 Å². The summed E-state index contributed by atoms with van der Waals surface area (Å²) in [6.45, 7) is 2.65. The number of rotatable bonds is 4. The van der Waals surface area contributed by atoms with Gasteiger partial charge in [0.05, 0.1) is 12.9 Å². The summed E-state index contributed by atoms with van der Waals surface area (Å²) in [5, 5.41) is 9.95. The van der Waals surface area contributed by atoms with Crippen LogP contribution in [-0.4, -0.2) is 61.8 Å². The second-order valence-corrected chi connectivity index (χ2v) is 8.85. The second kappa shape index (κ2) is 6.12. The van der Waals surface area contributed by atoms with E-state index in [9.17, 15) is 17.9 Å². The summed E-state index contributed by atoms with van der Waals surface area (Å²) >= 11 is 0. The number of hydrogen-bond donors (Lipinski definition) is 1. The van der Waals surface area contributed by atoms with Crippen molar-refractivity contribution in [3.63, 3.8) is 0 Å². The molecule has 2 atom stereocenters. The minimum absolute atomic E-state index is 0.0442. The number of sulfonamides is 1. The van der Waals surface area contributed by atoms with Crippen LogP contribution in [0.1, 0.15) is 12.0 Å². The Labute approximate surface area is 136 Å². The van der Waals surface area contributed by atoms with Crippen molar-refractivity contribution in [1.29, 1.82) is 0 Å². The van der Waals surface area contributed by atoms with Crippen molar-refractivity contribution in [3.05, 3.63) is 35.6 Å². The normalized spacial score (nSPS) is 29.6. The average molecular weight is 342 g/mol. The predicted molar refractivity (Wildman–Crippen MR) is 85.7 cm³/mol. The molecule has 3 rings (SSSR count). The molecule has 2 aliphatic heterocycles. The first-order valence-corrected chi connectivity index (χ1v) is 9.71. The zero-order chi connectivity index (χ0) is 16.7. The highest BCUT2D eigenvalue weighted by Crippen LogP contribution is 2.43. The molecule has 0 unspecified atom stereocenters. The van der Waals surface area contributed by atoms with Crippen LogP contribution in [0.4, 0.5) is 4.39 Å². The lowest BCUT2D eigenvalue weighted by atomic mass is 9.74. The summed E-state index contributed by atoms with van der Waals surface area (Å²) in [5.41, 5.74) is 0.198. The number of aliphatic hydroxyl groups excluding tert-OH is 1. The maximum atomic E-state index is 13.8. The average Bonchev–Trinajstić information content (AvgIpc) is 2.89. The van der Waals surface area contributed by atoms with Crippen molar-refractivity contribution in [1.82, 2.24) is 9.21 Å². The number of piperidine rings is 1. The molecular formula is C16H23FN2O3S. The molecule has 5 nitrogen and oxygen atoms in total. The van der Waals surface area contributed by atoms with Crippen molar-refractivity contribution in [3.8, 4) is 0 Å². The van der Waals surface area contributed by atoms with Crippen molar-refractivity contribution >= 4 is 10.0 Å². The highest BCUT2D eigenvalue weighted by Gasteiger charge is 2.51. The quantitative estimate of drug-likeness (QED) is 0.883. The van der Waals surface area contributed by atoms with Gasteiger partial charge in [-0.05, 0) is 24.9 Å². The molecule has 0 bridgehead atoms. The maximum Gasteiger partial charge on any atom is 0.211 e. The molecular weight excluding hydrogens is 319 g/mol. The van der Waals surface area contributed by atoms with Gasteiger partial charge in [-0.1, -0.05) is 18.2 Å². The van der Waals surface area contributed by atoms with Crippen molar-refractivity contribution in [2.45, 2.75) is 13.0 Å². The summed E-state index contributed by atoms with van der Waals surface area (Å²) in [6.07, 6.45) is 2.04. The van der Waals surface area contributed by atoms with Crippen LogP contribution in [-0.2, 0) is 16.6 Å². The van der Waals surface area contributed by atoms with E-state index in [1.54, 1.807) is 12.1 Å². The van der Waals surface area contributed by atoms with E-state index in [0.29, 0.717) is 31.7 Å². The molecule has 0 aliphatic carbocycles. The maximum absolute atomic E-state index is 13.8. The standard InChI is InChI=1S/C16H23FN2O3S/c1-23(21,22)19-9-14-6-7-18(10-16(14,11-19)12-20)8-13-4-2-3-5-15(13)17/h2-5,14,20H,6-12H2,1H3/t14-,16+/m0/s1. The number of likely N-dealkylation sites (tertiary alicyclic amines) is 1. The summed E-state index contributed by atoms with van der Waals surface area (Å²) in [6, 6.07) is 6.70. The van der Waals surface area contributed by atoms with Crippen LogP contribution in [0.5, 0.6) is 0 Å². The Morgan fingerprint density at radius 2 is 2.09 bits per heavy atom. The fraction of sp³-hybridized carbons (Fsp3) is 0.625. The van der Waals surface area contributed by atoms with Crippen molar-refractivity contribution < 1.29 is 17.9 Å². The van der Waals surface area contributed by atoms with Gasteiger partial charge >= 0.3 is 0 Å². The SMILES string of the molecule is CS(=O)(=O)N1C[C@@H]2CCN(Cc3ccccc3F)C[C@]2(CO)C1. The van der Waals surface area contributed by atoms with Gasteiger partial charge in [-0.2, -0.15) is 0 Å². The van der Waals surface area contributed by atoms with E-state index < -0.39 is 15.4 Å². The third-order valence-electron chi connectivity index (χ3n) is 5.25. The van der Waals surface area contributed by atoms with Gasteiger partial charge in [-0.15, -0.1) is 0 Å². The topological polar surface area (TPSA) is 60.9 Å². The zero-order valence-corrected chi connectivity index (χ0v) is 14.1. The van der Waals surface area contributed by atoms with Crippen molar-refractivity contribution in [2.24, 2.45) is 11.3 Å². The molecule has 0 saturated carbocycles. The van der Waals surface area contributed by atoms with E-state index in [1.165, 1.54) is 16.6 Å². The van der Waals surface area contributed by atoms with Gasteiger partial charge in [0, 0.05) is 37.2 Å². The Balaban J connectivity index is 1.76. The molecule has 1 N–H and O–H groups in total. The monoisotopic (exact) mass is 342 g/mol. The molecule has 2 saturated heterocycles. The minimum Gasteiger partial charge on any atom is -0.396 e. The highest BCUT2D eigenvalue weighted by molar-refractivity contribution is 7.88. The molecule has 0 radical (unpaired) electrons. The van der Waals surface area contributed by atoms with Gasteiger partial charge in [-0.25, -0.2) is 17.1 Å². The molecule has 7 heteroatoms. The van der Waals surface area contributed by atoms with Crippen LogP contribution in [0.25, 0.3) is 0 Å². The fourth-order valence-corrected chi connectivity index (χ4v) is 4.85. The second-order valence-electron chi connectivity index (χ2n) is 6.86. The number of nitrogens with zero attached hydrogens (tertiary/aromatic N) is 2. The number of halogens is 1. The Hall–Kier alpha value is -1.02. The van der Waals surface area contributed by atoms with Gasteiger partial charge < -0.3 is 5.11 Å². The predicted octanol–water partition coefficient (Wildman–Crippen LogP) is 0.901. The third kappa shape index (κ3) is 3.28. The lowest BCUT2D eigenvalue weighted by Crippen LogP contribution is -2.50. The summed E-state index contributed by atoms with van der Waals surface area (Å²) in [7, 11) is -3.25. The zero-order valence-electron chi connectivity index (χ0n) is 13.3. The Kier molecular flexibility index (Phi) is 4.48. The molecule has 1 aromatic rings. The summed E-state index contributed by atoms with van der Waals surface area (Å²) in [4.78, 5) is 2.12. The third-order valence-corrected chi connectivity index (χ3v) is 6.47. The molecule has 2 heterocycles. The number of fused-ring (bicyclic) bond motifs is 1. The first-order valence-electron chi connectivity index (χ1n) is 7.86. The van der Waals surface area contributed by atoms with Gasteiger partial charge in [0.25, 0.3) is 0 Å². The van der Waals surface area contributed by atoms with E-state index in [2.05, 4.69) is 4.90 Å². The van der Waals surface area contributed by atoms with E-state index >= 15 is 0 Å². The van der Waals surface area contributed by atoms with E-state index in [1.807, 2.05) is 6.07 Å². The van der Waals surface area contributed by atoms with Gasteiger partial charge in [-0.3, -0.25) is 4.90 Å². The van der Waals surface area contributed by atoms with Crippen molar-refractivity contribution in [2.75, 3.05) is 39.0 Å². The molecule has 2 aliphatic rings. The molecule has 1 aromatic carbocycles. The first-order chi connectivity index (χ1) is 10.8. The number of aliphatic hydroxyl groups is 1.